The quantitative estimate of drug-likeness (QED) is 0.639. The summed E-state index contributed by atoms with van der Waals surface area (Å²) >= 11 is 0. The summed E-state index contributed by atoms with van der Waals surface area (Å²) in [6, 6.07) is 2.46. The Morgan fingerprint density at radius 2 is 2.05 bits per heavy atom. The Morgan fingerprint density at radius 3 is 2.63 bits per heavy atom. The van der Waals surface area contributed by atoms with Crippen molar-refractivity contribution in [2.24, 2.45) is 0 Å². The van der Waals surface area contributed by atoms with Crippen LogP contribution in [0.1, 0.15) is 42.6 Å². The molecule has 102 valence electrons. The topological polar surface area (TPSA) is 105 Å². The molecule has 1 saturated carbocycles. The highest BCUT2D eigenvalue weighted by Crippen LogP contribution is 2.27. The minimum atomic E-state index is -1.19. The van der Waals surface area contributed by atoms with Crippen LogP contribution >= 0.6 is 0 Å². The highest BCUT2D eigenvalue weighted by Gasteiger charge is 2.22. The van der Waals surface area contributed by atoms with Gasteiger partial charge in [-0.15, -0.1) is 0 Å². The summed E-state index contributed by atoms with van der Waals surface area (Å²) < 4.78 is 0. The zero-order valence-corrected chi connectivity index (χ0v) is 10.3. The Morgan fingerprint density at radius 1 is 1.37 bits per heavy atom. The lowest BCUT2D eigenvalue weighted by Crippen LogP contribution is -2.23. The molecule has 0 unspecified atom stereocenters. The van der Waals surface area contributed by atoms with Gasteiger partial charge in [0.25, 0.3) is 0 Å². The van der Waals surface area contributed by atoms with Crippen molar-refractivity contribution in [1.82, 2.24) is 4.98 Å². The predicted molar refractivity (Wildman–Crippen MR) is 68.3 cm³/mol. The third-order valence-electron chi connectivity index (χ3n) is 3.24. The minimum absolute atomic E-state index is 0.0526. The van der Waals surface area contributed by atoms with Crippen LogP contribution in [0.2, 0.25) is 0 Å². The third kappa shape index (κ3) is 3.18. The molecule has 1 aliphatic carbocycles. The summed E-state index contributed by atoms with van der Waals surface area (Å²) in [6.07, 6.45) is 5.17. The number of hydrogen-bond donors (Lipinski definition) is 2. The second-order valence-corrected chi connectivity index (χ2v) is 4.61. The van der Waals surface area contributed by atoms with Gasteiger partial charge in [0.05, 0.1) is 4.92 Å². The van der Waals surface area contributed by atoms with E-state index >= 15 is 0 Å². The molecule has 0 radical (unpaired) electrons. The van der Waals surface area contributed by atoms with E-state index in [4.69, 9.17) is 5.11 Å². The van der Waals surface area contributed by atoms with Crippen LogP contribution in [-0.4, -0.2) is 27.0 Å². The molecule has 0 bridgehead atoms. The fourth-order valence-electron chi connectivity index (χ4n) is 2.26. The Hall–Kier alpha value is -2.18. The van der Waals surface area contributed by atoms with Crippen LogP contribution in [0, 0.1) is 10.1 Å². The Kier molecular flexibility index (Phi) is 3.94. The summed E-state index contributed by atoms with van der Waals surface area (Å²) in [6.45, 7) is 0. The first-order chi connectivity index (χ1) is 9.08. The number of aromatic nitrogens is 1. The Bertz CT molecular complexity index is 498. The molecule has 0 spiro atoms. The standard InChI is InChI=1S/C12H15N3O4/c16-12(17)9-6-7-10(15(18)19)11(14-9)13-8-4-2-1-3-5-8/h6-8H,1-5H2,(H,13,14)(H,16,17). The molecule has 0 saturated heterocycles. The number of nitrogens with one attached hydrogen (secondary N) is 1. The number of nitro groups is 1. The molecule has 1 aliphatic rings. The first kappa shape index (κ1) is 13.3. The molecule has 7 nitrogen and oxygen atoms in total. The van der Waals surface area contributed by atoms with E-state index in [2.05, 4.69) is 10.3 Å². The summed E-state index contributed by atoms with van der Waals surface area (Å²) in [5, 5.41) is 22.8. The number of anilines is 1. The highest BCUT2D eigenvalue weighted by atomic mass is 16.6. The van der Waals surface area contributed by atoms with Gasteiger partial charge in [-0.25, -0.2) is 9.78 Å². The lowest BCUT2D eigenvalue weighted by atomic mass is 9.95. The van der Waals surface area contributed by atoms with Gasteiger partial charge in [0.15, 0.2) is 5.69 Å². The fourth-order valence-corrected chi connectivity index (χ4v) is 2.26. The number of hydrogen-bond acceptors (Lipinski definition) is 5. The monoisotopic (exact) mass is 265 g/mol. The molecule has 0 aromatic carbocycles. The molecular formula is C12H15N3O4. The smallest absolute Gasteiger partial charge is 0.354 e. The van der Waals surface area contributed by atoms with Crippen molar-refractivity contribution in [2.45, 2.75) is 38.1 Å². The number of carboxylic acids is 1. The van der Waals surface area contributed by atoms with Gasteiger partial charge < -0.3 is 10.4 Å². The molecule has 0 aliphatic heterocycles. The zero-order chi connectivity index (χ0) is 13.8. The number of carboxylic acid groups (broad SMARTS) is 1. The van der Waals surface area contributed by atoms with Crippen molar-refractivity contribution in [3.63, 3.8) is 0 Å². The number of carbonyl (C=O) groups is 1. The van der Waals surface area contributed by atoms with Crippen molar-refractivity contribution in [3.05, 3.63) is 27.9 Å². The van der Waals surface area contributed by atoms with E-state index in [1.807, 2.05) is 0 Å². The lowest BCUT2D eigenvalue weighted by molar-refractivity contribution is -0.384. The van der Waals surface area contributed by atoms with Gasteiger partial charge in [-0.05, 0) is 18.9 Å². The highest BCUT2D eigenvalue weighted by molar-refractivity contribution is 5.86. The van der Waals surface area contributed by atoms with E-state index in [1.54, 1.807) is 0 Å². The van der Waals surface area contributed by atoms with Gasteiger partial charge in [0.2, 0.25) is 5.82 Å². The third-order valence-corrected chi connectivity index (χ3v) is 3.24. The van der Waals surface area contributed by atoms with Crippen molar-refractivity contribution >= 4 is 17.5 Å². The molecule has 1 fully saturated rings. The van der Waals surface area contributed by atoms with Gasteiger partial charge >= 0.3 is 11.7 Å². The van der Waals surface area contributed by atoms with Crippen LogP contribution in [0.15, 0.2) is 12.1 Å². The number of nitrogens with zero attached hydrogens (tertiary/aromatic N) is 2. The average molecular weight is 265 g/mol. The molecule has 19 heavy (non-hydrogen) atoms. The van der Waals surface area contributed by atoms with Crippen molar-refractivity contribution in [1.29, 1.82) is 0 Å². The molecule has 1 heterocycles. The van der Waals surface area contributed by atoms with Crippen molar-refractivity contribution in [3.8, 4) is 0 Å². The van der Waals surface area contributed by atoms with Gasteiger partial charge in [-0.2, -0.15) is 0 Å². The van der Waals surface area contributed by atoms with Crippen molar-refractivity contribution < 1.29 is 14.8 Å². The van der Waals surface area contributed by atoms with Crippen LogP contribution in [0.5, 0.6) is 0 Å². The minimum Gasteiger partial charge on any atom is -0.477 e. The van der Waals surface area contributed by atoms with E-state index in [0.29, 0.717) is 0 Å². The maximum absolute atomic E-state index is 10.9. The van der Waals surface area contributed by atoms with Crippen LogP contribution in [0.4, 0.5) is 11.5 Å². The largest absolute Gasteiger partial charge is 0.477 e. The van der Waals surface area contributed by atoms with E-state index < -0.39 is 10.9 Å². The number of aromatic carboxylic acids is 1. The Labute approximate surface area is 109 Å². The second kappa shape index (κ2) is 5.64. The summed E-state index contributed by atoms with van der Waals surface area (Å²) in [5.74, 6) is -1.14. The fraction of sp³-hybridized carbons (Fsp3) is 0.500. The van der Waals surface area contributed by atoms with E-state index in [0.717, 1.165) is 31.7 Å². The molecule has 2 N–H and O–H groups in total. The first-order valence-corrected chi connectivity index (χ1v) is 6.23. The summed E-state index contributed by atoms with van der Waals surface area (Å²) in [7, 11) is 0. The summed E-state index contributed by atoms with van der Waals surface area (Å²) in [4.78, 5) is 25.1. The molecular weight excluding hydrogens is 250 g/mol. The normalized spacial score (nSPS) is 16.0. The van der Waals surface area contributed by atoms with E-state index in [9.17, 15) is 14.9 Å². The first-order valence-electron chi connectivity index (χ1n) is 6.23. The predicted octanol–water partition coefficient (Wildman–Crippen LogP) is 2.43. The van der Waals surface area contributed by atoms with Crippen molar-refractivity contribution in [2.75, 3.05) is 5.32 Å². The SMILES string of the molecule is O=C(O)c1ccc([N+](=O)[O-])c(NC2CCCCC2)n1. The zero-order valence-electron chi connectivity index (χ0n) is 10.3. The van der Waals surface area contributed by atoms with Crippen LogP contribution in [0.25, 0.3) is 0 Å². The number of rotatable bonds is 4. The van der Waals surface area contributed by atoms with Gasteiger partial charge in [-0.1, -0.05) is 19.3 Å². The van der Waals surface area contributed by atoms with Gasteiger partial charge in [0.1, 0.15) is 0 Å². The van der Waals surface area contributed by atoms with Crippen LogP contribution in [-0.2, 0) is 0 Å². The second-order valence-electron chi connectivity index (χ2n) is 4.61. The molecule has 0 amide bonds. The average Bonchev–Trinajstić information content (AvgIpc) is 2.39. The van der Waals surface area contributed by atoms with Crippen LogP contribution < -0.4 is 5.32 Å². The molecule has 2 rings (SSSR count). The molecule has 7 heteroatoms. The molecule has 0 atom stereocenters. The molecule has 1 aromatic rings. The number of pyridine rings is 1. The van der Waals surface area contributed by atoms with Gasteiger partial charge in [0, 0.05) is 12.1 Å². The molecule has 1 aromatic heterocycles. The van der Waals surface area contributed by atoms with Crippen LogP contribution in [0.3, 0.4) is 0 Å². The maximum atomic E-state index is 10.9. The van der Waals surface area contributed by atoms with E-state index in [1.165, 1.54) is 12.5 Å². The Balaban J connectivity index is 2.26. The maximum Gasteiger partial charge on any atom is 0.354 e. The van der Waals surface area contributed by atoms with Gasteiger partial charge in [-0.3, -0.25) is 10.1 Å². The van der Waals surface area contributed by atoms with E-state index in [-0.39, 0.29) is 23.2 Å². The lowest BCUT2D eigenvalue weighted by Gasteiger charge is -2.23. The summed E-state index contributed by atoms with van der Waals surface area (Å²) in [5.41, 5.74) is -0.375.